The van der Waals surface area contributed by atoms with E-state index >= 15 is 0 Å². The topological polar surface area (TPSA) is 12.9 Å². The second-order valence-corrected chi connectivity index (χ2v) is 6.39. The van der Waals surface area contributed by atoms with Crippen LogP contribution in [-0.2, 0) is 6.42 Å². The normalized spacial score (nSPS) is 10.9. The molecule has 4 aromatic rings. The molecule has 0 N–H and O–H groups in total. The monoisotopic (exact) mass is 301 g/mol. The van der Waals surface area contributed by atoms with E-state index in [0.717, 1.165) is 11.9 Å². The van der Waals surface area contributed by atoms with Crippen molar-refractivity contribution in [1.82, 2.24) is 4.98 Å². The summed E-state index contributed by atoms with van der Waals surface area (Å²) in [6, 6.07) is 27.5. The molecule has 0 fully saturated rings. The van der Waals surface area contributed by atoms with E-state index in [-0.39, 0.29) is 0 Å². The Kier molecular flexibility index (Phi) is 3.45. The van der Waals surface area contributed by atoms with Crippen molar-refractivity contribution < 1.29 is 0 Å². The Morgan fingerprint density at radius 3 is 2.32 bits per heavy atom. The average molecular weight is 301 g/mol. The number of fused-ring (bicyclic) bond motifs is 1. The highest BCUT2D eigenvalue weighted by Crippen LogP contribution is 2.28. The molecule has 1 nitrogen and oxygen atoms in total. The number of hydrogen-bond donors (Lipinski definition) is 0. The number of thiazole rings is 1. The molecule has 0 saturated carbocycles. The quantitative estimate of drug-likeness (QED) is 0.483. The van der Waals surface area contributed by atoms with Gasteiger partial charge in [-0.1, -0.05) is 66.7 Å². The van der Waals surface area contributed by atoms with Crippen molar-refractivity contribution in [3.05, 3.63) is 89.4 Å². The van der Waals surface area contributed by atoms with Crippen LogP contribution in [-0.4, -0.2) is 4.98 Å². The van der Waals surface area contributed by atoms with Gasteiger partial charge < -0.3 is 0 Å². The van der Waals surface area contributed by atoms with E-state index in [1.807, 2.05) is 6.07 Å². The Balaban J connectivity index is 1.74. The summed E-state index contributed by atoms with van der Waals surface area (Å²) in [6.07, 6.45) is 0.879. The molecule has 4 rings (SSSR count). The third kappa shape index (κ3) is 2.53. The first-order valence-electron chi connectivity index (χ1n) is 7.38. The number of hydrogen-bond acceptors (Lipinski definition) is 2. The molecule has 0 unspecified atom stereocenters. The molecule has 0 amide bonds. The van der Waals surface area contributed by atoms with Gasteiger partial charge in [0.05, 0.1) is 15.2 Å². The predicted octanol–water partition coefficient (Wildman–Crippen LogP) is 5.55. The van der Waals surface area contributed by atoms with Gasteiger partial charge in [0.1, 0.15) is 0 Å². The number of para-hydroxylation sites is 1. The molecule has 2 heteroatoms. The zero-order valence-electron chi connectivity index (χ0n) is 12.1. The fourth-order valence-electron chi connectivity index (χ4n) is 2.73. The van der Waals surface area contributed by atoms with Crippen LogP contribution in [0.15, 0.2) is 78.9 Å². The molecule has 0 saturated heterocycles. The smallest absolute Gasteiger partial charge is 0.0982 e. The average Bonchev–Trinajstić information content (AvgIpc) is 2.98. The van der Waals surface area contributed by atoms with Crippen LogP contribution in [0.1, 0.15) is 10.6 Å². The minimum absolute atomic E-state index is 0.879. The van der Waals surface area contributed by atoms with Crippen molar-refractivity contribution in [2.45, 2.75) is 6.42 Å². The molecule has 1 aromatic heterocycles. The molecule has 0 aliphatic rings. The fraction of sp³-hybridized carbons (Fsp3) is 0.0500. The van der Waals surface area contributed by atoms with Crippen LogP contribution in [0.3, 0.4) is 0 Å². The van der Waals surface area contributed by atoms with Crippen molar-refractivity contribution in [1.29, 1.82) is 0 Å². The summed E-state index contributed by atoms with van der Waals surface area (Å²) in [5.74, 6) is 0. The number of aromatic nitrogens is 1. The van der Waals surface area contributed by atoms with Gasteiger partial charge in [-0.25, -0.2) is 4.98 Å². The Bertz CT molecular complexity index is 876. The summed E-state index contributed by atoms with van der Waals surface area (Å²) in [5, 5.41) is 1.17. The second-order valence-electron chi connectivity index (χ2n) is 5.28. The summed E-state index contributed by atoms with van der Waals surface area (Å²) in [5.41, 5.74) is 4.98. The molecule has 106 valence electrons. The van der Waals surface area contributed by atoms with Gasteiger partial charge in [0.25, 0.3) is 0 Å². The van der Waals surface area contributed by atoms with Crippen molar-refractivity contribution in [2.75, 3.05) is 0 Å². The molecule has 1 heterocycles. The summed E-state index contributed by atoms with van der Waals surface area (Å²) in [7, 11) is 0. The Morgan fingerprint density at radius 2 is 1.45 bits per heavy atom. The van der Waals surface area contributed by atoms with Crippen LogP contribution in [0.25, 0.3) is 21.3 Å². The van der Waals surface area contributed by atoms with Gasteiger partial charge in [-0.15, -0.1) is 11.3 Å². The van der Waals surface area contributed by atoms with Crippen LogP contribution >= 0.6 is 11.3 Å². The Morgan fingerprint density at radius 1 is 0.727 bits per heavy atom. The van der Waals surface area contributed by atoms with Crippen molar-refractivity contribution in [3.63, 3.8) is 0 Å². The minimum atomic E-state index is 0.879. The zero-order valence-corrected chi connectivity index (χ0v) is 12.9. The van der Waals surface area contributed by atoms with Gasteiger partial charge >= 0.3 is 0 Å². The molecule has 0 atom stereocenters. The standard InChI is InChI=1S/C20H15NS/c1-2-8-15(9-3-1)17-11-5-4-10-16(17)14-20-21-18-12-6-7-13-19(18)22-20/h1-13H,14H2. The van der Waals surface area contributed by atoms with E-state index < -0.39 is 0 Å². The van der Waals surface area contributed by atoms with Gasteiger partial charge in [-0.2, -0.15) is 0 Å². The molecular formula is C20H15NS. The molecule has 0 bridgehead atoms. The van der Waals surface area contributed by atoms with Gasteiger partial charge in [-0.3, -0.25) is 0 Å². The Hall–Kier alpha value is -2.45. The first-order valence-corrected chi connectivity index (χ1v) is 8.19. The number of nitrogens with zero attached hydrogens (tertiary/aromatic N) is 1. The molecule has 0 aliphatic carbocycles. The van der Waals surface area contributed by atoms with E-state index in [1.165, 1.54) is 26.4 Å². The molecular weight excluding hydrogens is 286 g/mol. The van der Waals surface area contributed by atoms with Crippen LogP contribution in [0.5, 0.6) is 0 Å². The Labute approximate surface area is 133 Å². The van der Waals surface area contributed by atoms with Gasteiger partial charge in [0.15, 0.2) is 0 Å². The van der Waals surface area contributed by atoms with E-state index in [2.05, 4.69) is 72.8 Å². The van der Waals surface area contributed by atoms with E-state index in [1.54, 1.807) is 11.3 Å². The summed E-state index contributed by atoms with van der Waals surface area (Å²) in [6.45, 7) is 0. The van der Waals surface area contributed by atoms with Gasteiger partial charge in [0, 0.05) is 6.42 Å². The third-order valence-corrected chi connectivity index (χ3v) is 4.82. The SMILES string of the molecule is c1ccc(-c2ccccc2Cc2nc3ccccc3s2)cc1. The third-order valence-electron chi connectivity index (χ3n) is 3.78. The van der Waals surface area contributed by atoms with Gasteiger partial charge in [0.2, 0.25) is 0 Å². The van der Waals surface area contributed by atoms with E-state index in [4.69, 9.17) is 4.98 Å². The summed E-state index contributed by atoms with van der Waals surface area (Å²) >= 11 is 1.78. The number of rotatable bonds is 3. The largest absolute Gasteiger partial charge is 0.241 e. The highest BCUT2D eigenvalue weighted by Gasteiger charge is 2.08. The highest BCUT2D eigenvalue weighted by atomic mass is 32.1. The molecule has 0 aliphatic heterocycles. The van der Waals surface area contributed by atoms with Crippen molar-refractivity contribution in [3.8, 4) is 11.1 Å². The van der Waals surface area contributed by atoms with Crippen LogP contribution in [0, 0.1) is 0 Å². The van der Waals surface area contributed by atoms with Crippen LogP contribution < -0.4 is 0 Å². The van der Waals surface area contributed by atoms with Crippen molar-refractivity contribution >= 4 is 21.6 Å². The summed E-state index contributed by atoms with van der Waals surface area (Å²) in [4.78, 5) is 4.76. The van der Waals surface area contributed by atoms with Crippen molar-refractivity contribution in [2.24, 2.45) is 0 Å². The van der Waals surface area contributed by atoms with E-state index in [0.29, 0.717) is 0 Å². The van der Waals surface area contributed by atoms with Crippen LogP contribution in [0.4, 0.5) is 0 Å². The number of benzene rings is 3. The maximum absolute atomic E-state index is 4.76. The maximum Gasteiger partial charge on any atom is 0.0982 e. The molecule has 22 heavy (non-hydrogen) atoms. The minimum Gasteiger partial charge on any atom is -0.241 e. The van der Waals surface area contributed by atoms with E-state index in [9.17, 15) is 0 Å². The molecule has 0 radical (unpaired) electrons. The van der Waals surface area contributed by atoms with Crippen LogP contribution in [0.2, 0.25) is 0 Å². The lowest BCUT2D eigenvalue weighted by Crippen LogP contribution is -1.91. The first kappa shape index (κ1) is 13.2. The summed E-state index contributed by atoms with van der Waals surface area (Å²) < 4.78 is 1.26. The lowest BCUT2D eigenvalue weighted by atomic mass is 9.98. The second kappa shape index (κ2) is 5.74. The molecule has 0 spiro atoms. The zero-order chi connectivity index (χ0) is 14.8. The first-order chi connectivity index (χ1) is 10.9. The van der Waals surface area contributed by atoms with Gasteiger partial charge in [-0.05, 0) is 28.8 Å². The lowest BCUT2D eigenvalue weighted by Gasteiger charge is -2.08. The highest BCUT2D eigenvalue weighted by molar-refractivity contribution is 7.18. The fourth-order valence-corrected chi connectivity index (χ4v) is 3.72. The predicted molar refractivity (Wildman–Crippen MR) is 94.3 cm³/mol. The molecule has 3 aromatic carbocycles. The lowest BCUT2D eigenvalue weighted by molar-refractivity contribution is 1.16. The maximum atomic E-state index is 4.76.